The first kappa shape index (κ1) is 11.0. The van der Waals surface area contributed by atoms with Crippen molar-refractivity contribution in [3.8, 4) is 0 Å². The Labute approximate surface area is 105 Å². The first-order chi connectivity index (χ1) is 8.36. The van der Waals surface area contributed by atoms with Crippen molar-refractivity contribution in [2.45, 2.75) is 25.7 Å². The molecule has 0 bridgehead atoms. The van der Waals surface area contributed by atoms with Gasteiger partial charge in [0.15, 0.2) is 5.13 Å². The Morgan fingerprint density at radius 1 is 1.29 bits per heavy atom. The Kier molecular flexibility index (Phi) is 2.97. The van der Waals surface area contributed by atoms with E-state index in [1.54, 1.807) is 6.20 Å². The van der Waals surface area contributed by atoms with Gasteiger partial charge in [-0.25, -0.2) is 4.98 Å². The minimum Gasteiger partial charge on any atom is -0.302 e. The quantitative estimate of drug-likeness (QED) is 0.817. The number of nitrogens with one attached hydrogen (secondary N) is 1. The molecule has 1 aromatic heterocycles. The number of rotatable bonds is 2. The summed E-state index contributed by atoms with van der Waals surface area (Å²) in [4.78, 5) is 16.2. The molecule has 0 unspecified atom stereocenters. The van der Waals surface area contributed by atoms with Gasteiger partial charge in [-0.15, -0.1) is 11.3 Å². The molecular weight excluding hydrogens is 232 g/mol. The highest BCUT2D eigenvalue weighted by molar-refractivity contribution is 7.13. The van der Waals surface area contributed by atoms with Crippen LogP contribution in [-0.4, -0.2) is 10.9 Å². The van der Waals surface area contributed by atoms with Gasteiger partial charge in [-0.1, -0.05) is 12.2 Å². The minimum absolute atomic E-state index is 0.178. The van der Waals surface area contributed by atoms with Crippen LogP contribution in [0, 0.1) is 17.8 Å². The zero-order chi connectivity index (χ0) is 11.7. The van der Waals surface area contributed by atoms with E-state index >= 15 is 0 Å². The number of hydrogen-bond donors (Lipinski definition) is 1. The molecule has 1 aromatic rings. The van der Waals surface area contributed by atoms with E-state index in [9.17, 15) is 4.79 Å². The largest absolute Gasteiger partial charge is 0.302 e. The number of fused-ring (bicyclic) bond motifs is 1. The topological polar surface area (TPSA) is 42.0 Å². The van der Waals surface area contributed by atoms with Crippen molar-refractivity contribution in [1.82, 2.24) is 4.98 Å². The third-order valence-corrected chi connectivity index (χ3v) is 4.49. The number of amides is 1. The molecule has 17 heavy (non-hydrogen) atoms. The van der Waals surface area contributed by atoms with Gasteiger partial charge in [0.1, 0.15) is 0 Å². The van der Waals surface area contributed by atoms with Crippen LogP contribution in [0.1, 0.15) is 25.7 Å². The SMILES string of the molecule is O=C(Nc1nccs1)C1[C@@H]2CCC=CCC[C@@H]12. The lowest BCUT2D eigenvalue weighted by molar-refractivity contribution is -0.117. The molecule has 1 N–H and O–H groups in total. The fourth-order valence-electron chi connectivity index (χ4n) is 2.91. The summed E-state index contributed by atoms with van der Waals surface area (Å²) in [6.07, 6.45) is 10.8. The molecule has 1 heterocycles. The fourth-order valence-corrected chi connectivity index (χ4v) is 3.44. The second-order valence-corrected chi connectivity index (χ2v) is 5.70. The molecule has 1 amide bonds. The van der Waals surface area contributed by atoms with Crippen LogP contribution in [0.5, 0.6) is 0 Å². The Hall–Kier alpha value is -1.16. The lowest BCUT2D eigenvalue weighted by atomic mass is 10.1. The highest BCUT2D eigenvalue weighted by Gasteiger charge is 2.53. The Balaban J connectivity index is 1.61. The predicted octanol–water partition coefficient (Wildman–Crippen LogP) is 3.07. The summed E-state index contributed by atoms with van der Waals surface area (Å²) in [5.41, 5.74) is 0. The number of thiazole rings is 1. The molecule has 2 aliphatic carbocycles. The van der Waals surface area contributed by atoms with Gasteiger partial charge in [0, 0.05) is 17.5 Å². The number of anilines is 1. The van der Waals surface area contributed by atoms with E-state index in [4.69, 9.17) is 0 Å². The minimum atomic E-state index is 0.178. The number of hydrogen-bond acceptors (Lipinski definition) is 3. The number of aromatic nitrogens is 1. The van der Waals surface area contributed by atoms with Crippen molar-refractivity contribution < 1.29 is 4.79 Å². The smallest absolute Gasteiger partial charge is 0.229 e. The van der Waals surface area contributed by atoms with E-state index in [0.717, 1.165) is 30.8 Å². The Morgan fingerprint density at radius 2 is 2.00 bits per heavy atom. The number of carbonyl (C=O) groups excluding carboxylic acids is 1. The van der Waals surface area contributed by atoms with E-state index in [2.05, 4.69) is 22.5 Å². The van der Waals surface area contributed by atoms with Gasteiger partial charge >= 0.3 is 0 Å². The van der Waals surface area contributed by atoms with Crippen LogP contribution in [0.4, 0.5) is 5.13 Å². The molecule has 2 atom stereocenters. The van der Waals surface area contributed by atoms with E-state index in [-0.39, 0.29) is 11.8 Å². The molecular formula is C13H16N2OS. The maximum absolute atomic E-state index is 12.1. The monoisotopic (exact) mass is 248 g/mol. The molecule has 2 aliphatic rings. The molecule has 4 heteroatoms. The summed E-state index contributed by atoms with van der Waals surface area (Å²) in [5.74, 6) is 1.63. The van der Waals surface area contributed by atoms with Crippen LogP contribution >= 0.6 is 11.3 Å². The van der Waals surface area contributed by atoms with Crippen LogP contribution in [0.3, 0.4) is 0 Å². The fraction of sp³-hybridized carbons (Fsp3) is 0.538. The lowest BCUT2D eigenvalue weighted by Gasteiger charge is -1.99. The molecule has 0 spiro atoms. The van der Waals surface area contributed by atoms with Crippen LogP contribution in [-0.2, 0) is 4.79 Å². The second kappa shape index (κ2) is 4.61. The van der Waals surface area contributed by atoms with Crippen LogP contribution in [0.15, 0.2) is 23.7 Å². The summed E-state index contributed by atoms with van der Waals surface area (Å²) in [5, 5.41) is 5.54. The molecule has 0 radical (unpaired) electrons. The first-order valence-electron chi connectivity index (χ1n) is 6.21. The van der Waals surface area contributed by atoms with Crippen molar-refractivity contribution >= 4 is 22.4 Å². The highest BCUT2D eigenvalue weighted by atomic mass is 32.1. The van der Waals surface area contributed by atoms with Gasteiger partial charge in [-0.05, 0) is 37.5 Å². The molecule has 0 saturated heterocycles. The Bertz CT molecular complexity index is 411. The second-order valence-electron chi connectivity index (χ2n) is 4.81. The zero-order valence-corrected chi connectivity index (χ0v) is 10.5. The summed E-state index contributed by atoms with van der Waals surface area (Å²) in [6.45, 7) is 0. The standard InChI is InChI=1S/C13H16N2OS/c16-12(15-13-14-7-8-17-13)11-9-5-3-1-2-4-6-10(9)11/h1-2,7-11H,3-6H2,(H,14,15,16)/t9-,10-/m1/s1. The third kappa shape index (κ3) is 2.27. The summed E-state index contributed by atoms with van der Waals surface area (Å²) in [6, 6.07) is 0. The average molecular weight is 248 g/mol. The summed E-state index contributed by atoms with van der Waals surface area (Å²) in [7, 11) is 0. The van der Waals surface area contributed by atoms with Gasteiger partial charge < -0.3 is 5.32 Å². The normalized spacial score (nSPS) is 31.2. The molecule has 1 fully saturated rings. The molecule has 3 nitrogen and oxygen atoms in total. The third-order valence-electron chi connectivity index (χ3n) is 3.80. The van der Waals surface area contributed by atoms with E-state index in [1.807, 2.05) is 5.38 Å². The first-order valence-corrected chi connectivity index (χ1v) is 7.09. The van der Waals surface area contributed by atoms with Crippen LogP contribution in [0.25, 0.3) is 0 Å². The summed E-state index contributed by atoms with van der Waals surface area (Å²) >= 11 is 1.48. The lowest BCUT2D eigenvalue weighted by Crippen LogP contribution is -2.15. The van der Waals surface area contributed by atoms with Gasteiger partial charge in [0.2, 0.25) is 5.91 Å². The van der Waals surface area contributed by atoms with Crippen molar-refractivity contribution in [2.75, 3.05) is 5.32 Å². The highest BCUT2D eigenvalue weighted by Crippen LogP contribution is 2.53. The van der Waals surface area contributed by atoms with Crippen molar-refractivity contribution in [2.24, 2.45) is 17.8 Å². The van der Waals surface area contributed by atoms with Gasteiger partial charge in [0.25, 0.3) is 0 Å². The number of carbonyl (C=O) groups is 1. The van der Waals surface area contributed by atoms with Crippen molar-refractivity contribution in [3.63, 3.8) is 0 Å². The van der Waals surface area contributed by atoms with Gasteiger partial charge in [-0.3, -0.25) is 4.79 Å². The van der Waals surface area contributed by atoms with Crippen molar-refractivity contribution in [1.29, 1.82) is 0 Å². The molecule has 90 valence electrons. The van der Waals surface area contributed by atoms with Gasteiger partial charge in [0.05, 0.1) is 0 Å². The predicted molar refractivity (Wildman–Crippen MR) is 68.8 cm³/mol. The number of nitrogens with zero attached hydrogens (tertiary/aromatic N) is 1. The van der Waals surface area contributed by atoms with E-state index in [0.29, 0.717) is 11.8 Å². The van der Waals surface area contributed by atoms with Crippen LogP contribution < -0.4 is 5.32 Å². The molecule has 1 saturated carbocycles. The van der Waals surface area contributed by atoms with Crippen LogP contribution in [0.2, 0.25) is 0 Å². The summed E-state index contributed by atoms with van der Waals surface area (Å²) < 4.78 is 0. The molecule has 3 rings (SSSR count). The van der Waals surface area contributed by atoms with Crippen molar-refractivity contribution in [3.05, 3.63) is 23.7 Å². The molecule has 0 aromatic carbocycles. The van der Waals surface area contributed by atoms with E-state index in [1.165, 1.54) is 11.3 Å². The Morgan fingerprint density at radius 3 is 2.59 bits per heavy atom. The zero-order valence-electron chi connectivity index (χ0n) is 9.63. The molecule has 0 aliphatic heterocycles. The van der Waals surface area contributed by atoms with E-state index < -0.39 is 0 Å². The number of allylic oxidation sites excluding steroid dienone is 2. The average Bonchev–Trinajstić information content (AvgIpc) is 2.72. The van der Waals surface area contributed by atoms with Gasteiger partial charge in [-0.2, -0.15) is 0 Å². The maximum atomic E-state index is 12.1. The maximum Gasteiger partial charge on any atom is 0.229 e.